The van der Waals surface area contributed by atoms with E-state index in [4.69, 9.17) is 27.9 Å². The van der Waals surface area contributed by atoms with Crippen LogP contribution in [0.5, 0.6) is 5.75 Å². The maximum absolute atomic E-state index is 11.9. The molecule has 0 aliphatic rings. The van der Waals surface area contributed by atoms with E-state index in [0.717, 1.165) is 16.9 Å². The first-order chi connectivity index (χ1) is 11.5. The van der Waals surface area contributed by atoms with E-state index in [1.807, 2.05) is 32.0 Å². The minimum atomic E-state index is -0.328. The molecule has 2 aromatic carbocycles. The number of para-hydroxylation sites is 1. The number of carbonyl (C=O) groups excluding carboxylic acids is 1. The lowest BCUT2D eigenvalue weighted by Crippen LogP contribution is -2.30. The van der Waals surface area contributed by atoms with Gasteiger partial charge in [0.25, 0.3) is 0 Å². The van der Waals surface area contributed by atoms with Crippen LogP contribution in [0.3, 0.4) is 0 Å². The second-order valence-electron chi connectivity index (χ2n) is 5.43. The van der Waals surface area contributed by atoms with Gasteiger partial charge in [0.2, 0.25) is 0 Å². The van der Waals surface area contributed by atoms with Crippen LogP contribution in [0, 0.1) is 13.8 Å². The van der Waals surface area contributed by atoms with E-state index in [-0.39, 0.29) is 6.03 Å². The molecule has 2 N–H and O–H groups in total. The van der Waals surface area contributed by atoms with Gasteiger partial charge in [-0.15, -0.1) is 0 Å². The maximum Gasteiger partial charge on any atom is 0.319 e. The number of benzene rings is 2. The number of carbonyl (C=O) groups is 1. The van der Waals surface area contributed by atoms with Crippen LogP contribution in [0.1, 0.15) is 17.5 Å². The van der Waals surface area contributed by atoms with Gasteiger partial charge < -0.3 is 15.4 Å². The van der Waals surface area contributed by atoms with Crippen molar-refractivity contribution in [3.8, 4) is 5.75 Å². The minimum absolute atomic E-state index is 0.328. The molecule has 0 atom stereocenters. The van der Waals surface area contributed by atoms with Crippen molar-refractivity contribution >= 4 is 34.9 Å². The molecule has 0 aliphatic carbocycles. The molecular formula is C18H20Cl2N2O2. The average molecular weight is 367 g/mol. The molecule has 0 radical (unpaired) electrons. The zero-order valence-corrected chi connectivity index (χ0v) is 15.2. The summed E-state index contributed by atoms with van der Waals surface area (Å²) < 4.78 is 5.79. The van der Waals surface area contributed by atoms with Gasteiger partial charge in [0.1, 0.15) is 5.75 Å². The molecule has 2 aromatic rings. The fourth-order valence-electron chi connectivity index (χ4n) is 2.23. The summed E-state index contributed by atoms with van der Waals surface area (Å²) >= 11 is 11.9. The van der Waals surface area contributed by atoms with Crippen molar-refractivity contribution in [1.29, 1.82) is 0 Å². The van der Waals surface area contributed by atoms with Gasteiger partial charge in [0.15, 0.2) is 0 Å². The number of aryl methyl sites for hydroxylation is 2. The highest BCUT2D eigenvalue weighted by Crippen LogP contribution is 2.25. The predicted molar refractivity (Wildman–Crippen MR) is 99.5 cm³/mol. The molecule has 128 valence electrons. The summed E-state index contributed by atoms with van der Waals surface area (Å²) in [5.74, 6) is 0.910. The van der Waals surface area contributed by atoms with E-state index in [2.05, 4.69) is 10.6 Å². The molecular weight excluding hydrogens is 347 g/mol. The Bertz CT molecular complexity index is 700. The van der Waals surface area contributed by atoms with E-state index in [0.29, 0.717) is 35.3 Å². The summed E-state index contributed by atoms with van der Waals surface area (Å²) in [4.78, 5) is 11.9. The second kappa shape index (κ2) is 8.81. The Hall–Kier alpha value is -1.91. The molecule has 0 unspecified atom stereocenters. The van der Waals surface area contributed by atoms with Crippen LogP contribution in [-0.4, -0.2) is 19.2 Å². The molecule has 0 aromatic heterocycles. The summed E-state index contributed by atoms with van der Waals surface area (Å²) in [6, 6.07) is 10.6. The van der Waals surface area contributed by atoms with Crippen LogP contribution in [0.2, 0.25) is 10.0 Å². The lowest BCUT2D eigenvalue weighted by molar-refractivity contribution is 0.250. The number of halogens is 2. The molecule has 4 nitrogen and oxygen atoms in total. The molecule has 0 aliphatic heterocycles. The zero-order chi connectivity index (χ0) is 17.5. The predicted octanol–water partition coefficient (Wildman–Crippen LogP) is 5.20. The summed E-state index contributed by atoms with van der Waals surface area (Å²) in [7, 11) is 0. The van der Waals surface area contributed by atoms with Crippen LogP contribution in [0.15, 0.2) is 36.4 Å². The number of anilines is 1. The van der Waals surface area contributed by atoms with Crippen molar-refractivity contribution in [2.75, 3.05) is 18.5 Å². The summed E-state index contributed by atoms with van der Waals surface area (Å²) in [5, 5.41) is 6.38. The van der Waals surface area contributed by atoms with Crippen molar-refractivity contribution in [1.82, 2.24) is 5.32 Å². The van der Waals surface area contributed by atoms with Crippen LogP contribution in [0.25, 0.3) is 0 Å². The monoisotopic (exact) mass is 366 g/mol. The van der Waals surface area contributed by atoms with Gasteiger partial charge >= 0.3 is 6.03 Å². The first-order valence-corrected chi connectivity index (χ1v) is 8.42. The number of hydrogen-bond acceptors (Lipinski definition) is 2. The maximum atomic E-state index is 11.9. The summed E-state index contributed by atoms with van der Waals surface area (Å²) in [5.41, 5.74) is 2.70. The standard InChI is InChI=1S/C18H20Cl2N2O2/c1-12-5-3-6-13(2)17(12)24-10-4-9-21-18(23)22-16-11-14(19)7-8-15(16)20/h3,5-8,11H,4,9-10H2,1-2H3,(H2,21,22,23). The van der Waals surface area contributed by atoms with Gasteiger partial charge in [-0.25, -0.2) is 4.79 Å². The number of ether oxygens (including phenoxy) is 1. The van der Waals surface area contributed by atoms with Crippen LogP contribution in [-0.2, 0) is 0 Å². The van der Waals surface area contributed by atoms with Gasteiger partial charge in [-0.05, 0) is 49.6 Å². The lowest BCUT2D eigenvalue weighted by Gasteiger charge is -2.12. The number of hydrogen-bond donors (Lipinski definition) is 2. The highest BCUT2D eigenvalue weighted by molar-refractivity contribution is 6.35. The molecule has 0 fully saturated rings. The lowest BCUT2D eigenvalue weighted by atomic mass is 10.1. The first-order valence-electron chi connectivity index (χ1n) is 7.66. The number of urea groups is 1. The molecule has 0 heterocycles. The Morgan fingerprint density at radius 2 is 1.83 bits per heavy atom. The number of amides is 2. The normalized spacial score (nSPS) is 10.3. The SMILES string of the molecule is Cc1cccc(C)c1OCCCNC(=O)Nc1cc(Cl)ccc1Cl. The van der Waals surface area contributed by atoms with E-state index in [9.17, 15) is 4.79 Å². The molecule has 6 heteroatoms. The first kappa shape index (κ1) is 18.4. The highest BCUT2D eigenvalue weighted by atomic mass is 35.5. The molecule has 0 bridgehead atoms. The highest BCUT2D eigenvalue weighted by Gasteiger charge is 2.06. The molecule has 0 spiro atoms. The van der Waals surface area contributed by atoms with Gasteiger partial charge in [-0.3, -0.25) is 0 Å². The smallest absolute Gasteiger partial charge is 0.319 e. The Balaban J connectivity index is 1.72. The Morgan fingerprint density at radius 3 is 2.54 bits per heavy atom. The molecule has 24 heavy (non-hydrogen) atoms. The fraction of sp³-hybridized carbons (Fsp3) is 0.278. The van der Waals surface area contributed by atoms with Crippen molar-refractivity contribution in [3.05, 3.63) is 57.6 Å². The number of rotatable bonds is 6. The molecule has 2 rings (SSSR count). The third-order valence-electron chi connectivity index (χ3n) is 3.44. The third-order valence-corrected chi connectivity index (χ3v) is 4.00. The van der Waals surface area contributed by atoms with Gasteiger partial charge in [0, 0.05) is 11.6 Å². The van der Waals surface area contributed by atoms with E-state index in [1.165, 1.54) is 0 Å². The third kappa shape index (κ3) is 5.32. The Kier molecular flexibility index (Phi) is 6.76. The van der Waals surface area contributed by atoms with Crippen LogP contribution in [0.4, 0.5) is 10.5 Å². The van der Waals surface area contributed by atoms with Gasteiger partial charge in [0.05, 0.1) is 17.3 Å². The molecule has 2 amide bonds. The zero-order valence-electron chi connectivity index (χ0n) is 13.7. The summed E-state index contributed by atoms with van der Waals surface area (Å²) in [6.07, 6.45) is 0.699. The largest absolute Gasteiger partial charge is 0.493 e. The Morgan fingerprint density at radius 1 is 1.12 bits per heavy atom. The van der Waals surface area contributed by atoms with E-state index in [1.54, 1.807) is 18.2 Å². The van der Waals surface area contributed by atoms with Crippen molar-refractivity contribution in [3.63, 3.8) is 0 Å². The average Bonchev–Trinajstić information content (AvgIpc) is 2.53. The topological polar surface area (TPSA) is 50.4 Å². The quantitative estimate of drug-likeness (QED) is 0.690. The van der Waals surface area contributed by atoms with E-state index < -0.39 is 0 Å². The van der Waals surface area contributed by atoms with Crippen LogP contribution >= 0.6 is 23.2 Å². The van der Waals surface area contributed by atoms with Crippen molar-refractivity contribution < 1.29 is 9.53 Å². The second-order valence-corrected chi connectivity index (χ2v) is 6.27. The van der Waals surface area contributed by atoms with E-state index >= 15 is 0 Å². The summed E-state index contributed by atoms with van der Waals surface area (Å²) in [6.45, 7) is 5.06. The molecule has 0 saturated heterocycles. The van der Waals surface area contributed by atoms with Crippen molar-refractivity contribution in [2.24, 2.45) is 0 Å². The number of nitrogens with one attached hydrogen (secondary N) is 2. The van der Waals surface area contributed by atoms with Crippen LogP contribution < -0.4 is 15.4 Å². The minimum Gasteiger partial charge on any atom is -0.493 e. The van der Waals surface area contributed by atoms with Gasteiger partial charge in [-0.1, -0.05) is 41.4 Å². The fourth-order valence-corrected chi connectivity index (χ4v) is 2.57. The van der Waals surface area contributed by atoms with Crippen molar-refractivity contribution in [2.45, 2.75) is 20.3 Å². The Labute approximate surface area is 152 Å². The molecule has 0 saturated carbocycles. The van der Waals surface area contributed by atoms with Gasteiger partial charge in [-0.2, -0.15) is 0 Å².